The van der Waals surface area contributed by atoms with E-state index in [0.717, 1.165) is 22.4 Å². The molecule has 7 heteroatoms. The van der Waals surface area contributed by atoms with Crippen LogP contribution in [0.5, 0.6) is 0 Å². The van der Waals surface area contributed by atoms with Gasteiger partial charge in [0.25, 0.3) is 0 Å². The maximum atomic E-state index is 12.8. The zero-order valence-corrected chi connectivity index (χ0v) is 19.5. The average Bonchev–Trinajstić information content (AvgIpc) is 3.32. The fraction of sp³-hybridized carbons (Fsp3) is 0.360. The van der Waals surface area contributed by atoms with E-state index in [-0.39, 0.29) is 35.3 Å². The highest BCUT2D eigenvalue weighted by Gasteiger charge is 2.32. The monoisotopic (exact) mass is 451 g/mol. The van der Waals surface area contributed by atoms with Crippen LogP contribution in [-0.4, -0.2) is 35.6 Å². The Balaban J connectivity index is 1.50. The van der Waals surface area contributed by atoms with Crippen LogP contribution in [0.3, 0.4) is 0 Å². The first-order valence-electron chi connectivity index (χ1n) is 10.9. The van der Waals surface area contributed by atoms with Gasteiger partial charge in [-0.3, -0.25) is 4.79 Å². The van der Waals surface area contributed by atoms with Gasteiger partial charge in [-0.1, -0.05) is 75.4 Å². The van der Waals surface area contributed by atoms with Crippen molar-refractivity contribution < 1.29 is 13.2 Å². The molecular weight excluding hydrogens is 422 g/mol. The van der Waals surface area contributed by atoms with E-state index < -0.39 is 9.84 Å². The van der Waals surface area contributed by atoms with Crippen LogP contribution in [0.2, 0.25) is 0 Å². The normalized spacial score (nSPS) is 17.9. The summed E-state index contributed by atoms with van der Waals surface area (Å²) in [7, 11) is -3.06. The number of hydrogen-bond acceptors (Lipinski definition) is 4. The summed E-state index contributed by atoms with van der Waals surface area (Å²) in [5.74, 6) is 0.619. The summed E-state index contributed by atoms with van der Waals surface area (Å²) in [6, 6.07) is 19.7. The molecule has 1 unspecified atom stereocenters. The average molecular weight is 452 g/mol. The zero-order valence-electron chi connectivity index (χ0n) is 18.7. The molecule has 1 aliphatic rings. The zero-order chi connectivity index (χ0) is 22.9. The fourth-order valence-corrected chi connectivity index (χ4v) is 5.61. The quantitative estimate of drug-likeness (QED) is 0.624. The molecule has 32 heavy (non-hydrogen) atoms. The Kier molecular flexibility index (Phi) is 5.95. The minimum Gasteiger partial charge on any atom is -0.311 e. The Morgan fingerprint density at radius 1 is 1.06 bits per heavy atom. The number of hydrogen-bond donors (Lipinski definition) is 1. The van der Waals surface area contributed by atoms with Crippen LogP contribution in [0.25, 0.3) is 11.1 Å². The summed E-state index contributed by atoms with van der Waals surface area (Å²) in [5, 5.41) is 7.64. The van der Waals surface area contributed by atoms with Crippen molar-refractivity contribution >= 4 is 21.6 Å². The van der Waals surface area contributed by atoms with Crippen molar-refractivity contribution in [2.75, 3.05) is 16.8 Å². The molecule has 0 saturated carbocycles. The second kappa shape index (κ2) is 8.54. The first-order valence-corrected chi connectivity index (χ1v) is 12.7. The second-order valence-corrected chi connectivity index (χ2v) is 11.7. The second-order valence-electron chi connectivity index (χ2n) is 9.45. The van der Waals surface area contributed by atoms with Gasteiger partial charge in [-0.15, -0.1) is 0 Å². The molecule has 1 amide bonds. The van der Waals surface area contributed by atoms with Crippen LogP contribution in [0.1, 0.15) is 44.5 Å². The van der Waals surface area contributed by atoms with E-state index in [1.165, 1.54) is 0 Å². The van der Waals surface area contributed by atoms with Crippen LogP contribution in [-0.2, 0) is 26.5 Å². The fourth-order valence-electron chi connectivity index (χ4n) is 3.92. The minimum atomic E-state index is -3.06. The van der Waals surface area contributed by atoms with E-state index in [0.29, 0.717) is 12.2 Å². The molecule has 0 bridgehead atoms. The number of benzene rings is 2. The van der Waals surface area contributed by atoms with Gasteiger partial charge in [-0.25, -0.2) is 13.1 Å². The highest BCUT2D eigenvalue weighted by atomic mass is 32.2. The highest BCUT2D eigenvalue weighted by Crippen LogP contribution is 2.31. The Morgan fingerprint density at radius 2 is 1.72 bits per heavy atom. The van der Waals surface area contributed by atoms with Gasteiger partial charge in [0.05, 0.1) is 29.7 Å². The number of sulfone groups is 1. The maximum absolute atomic E-state index is 12.8. The van der Waals surface area contributed by atoms with Crippen molar-refractivity contribution in [1.29, 1.82) is 0 Å². The van der Waals surface area contributed by atoms with E-state index in [1.54, 1.807) is 4.68 Å². The van der Waals surface area contributed by atoms with Gasteiger partial charge >= 0.3 is 0 Å². The number of carbonyl (C=O) groups excluding carboxylic acids is 1. The summed E-state index contributed by atoms with van der Waals surface area (Å²) < 4.78 is 25.7. The lowest BCUT2D eigenvalue weighted by Gasteiger charge is -2.15. The molecule has 2 heterocycles. The van der Waals surface area contributed by atoms with E-state index >= 15 is 0 Å². The third kappa shape index (κ3) is 5.10. The molecule has 3 aromatic rings. The van der Waals surface area contributed by atoms with Gasteiger partial charge in [0.1, 0.15) is 5.82 Å². The van der Waals surface area contributed by atoms with Crippen molar-refractivity contribution in [2.24, 2.45) is 0 Å². The van der Waals surface area contributed by atoms with Crippen molar-refractivity contribution in [2.45, 2.75) is 45.1 Å². The first kappa shape index (κ1) is 22.3. The van der Waals surface area contributed by atoms with Crippen LogP contribution in [0.15, 0.2) is 60.7 Å². The van der Waals surface area contributed by atoms with Gasteiger partial charge in [0.2, 0.25) is 5.91 Å². The van der Waals surface area contributed by atoms with Crippen molar-refractivity contribution in [3.63, 3.8) is 0 Å². The highest BCUT2D eigenvalue weighted by molar-refractivity contribution is 7.91. The summed E-state index contributed by atoms with van der Waals surface area (Å²) in [6.45, 7) is 6.14. The summed E-state index contributed by atoms with van der Waals surface area (Å²) in [6.07, 6.45) is 0.742. The molecule has 168 valence electrons. The maximum Gasteiger partial charge on any atom is 0.229 e. The van der Waals surface area contributed by atoms with Gasteiger partial charge in [0.15, 0.2) is 9.84 Å². The molecule has 6 nitrogen and oxygen atoms in total. The SMILES string of the molecule is CC(C)(C)c1cc(NC(=O)Cc2ccc(-c3ccccc3)cc2)n(C2CCS(=O)(=O)C2)n1. The molecular formula is C25H29N3O3S. The number of nitrogens with zero attached hydrogens (tertiary/aromatic N) is 2. The van der Waals surface area contributed by atoms with E-state index in [9.17, 15) is 13.2 Å². The lowest BCUT2D eigenvalue weighted by molar-refractivity contribution is -0.115. The summed E-state index contributed by atoms with van der Waals surface area (Å²) >= 11 is 0. The lowest BCUT2D eigenvalue weighted by atomic mass is 9.92. The number of anilines is 1. The molecule has 1 atom stereocenters. The standard InChI is InChI=1S/C25H29N3O3S/c1-25(2,3)22-16-23(28(27-22)21-13-14-32(30,31)17-21)26-24(29)15-18-9-11-20(12-10-18)19-7-5-4-6-8-19/h4-12,16,21H,13-15,17H2,1-3H3,(H,26,29). The number of aromatic nitrogens is 2. The van der Waals surface area contributed by atoms with Gasteiger partial charge in [-0.2, -0.15) is 5.10 Å². The molecule has 1 N–H and O–H groups in total. The number of carbonyl (C=O) groups is 1. The third-order valence-electron chi connectivity index (χ3n) is 5.75. The Hall–Kier alpha value is -2.93. The van der Waals surface area contributed by atoms with Crippen molar-refractivity contribution in [3.05, 3.63) is 71.9 Å². The molecule has 0 aliphatic carbocycles. The van der Waals surface area contributed by atoms with E-state index in [1.807, 2.05) is 69.3 Å². The molecule has 4 rings (SSSR count). The number of nitrogens with one attached hydrogen (secondary N) is 1. The largest absolute Gasteiger partial charge is 0.311 e. The minimum absolute atomic E-state index is 0.0576. The van der Waals surface area contributed by atoms with Crippen LogP contribution in [0.4, 0.5) is 5.82 Å². The van der Waals surface area contributed by atoms with Gasteiger partial charge < -0.3 is 5.32 Å². The van der Waals surface area contributed by atoms with E-state index in [2.05, 4.69) is 22.5 Å². The smallest absolute Gasteiger partial charge is 0.229 e. The van der Waals surface area contributed by atoms with Gasteiger partial charge in [-0.05, 0) is 23.1 Å². The molecule has 2 aromatic carbocycles. The first-order chi connectivity index (χ1) is 15.1. The van der Waals surface area contributed by atoms with Crippen molar-refractivity contribution in [1.82, 2.24) is 9.78 Å². The Morgan fingerprint density at radius 3 is 2.31 bits per heavy atom. The molecule has 0 radical (unpaired) electrons. The van der Waals surface area contributed by atoms with E-state index in [4.69, 9.17) is 0 Å². The number of amides is 1. The lowest BCUT2D eigenvalue weighted by Crippen LogP contribution is -2.21. The predicted molar refractivity (Wildman–Crippen MR) is 127 cm³/mol. The molecule has 1 aliphatic heterocycles. The third-order valence-corrected chi connectivity index (χ3v) is 7.50. The predicted octanol–water partition coefficient (Wildman–Crippen LogP) is 4.39. The molecule has 0 spiro atoms. The van der Waals surface area contributed by atoms with Crippen LogP contribution >= 0.6 is 0 Å². The molecule has 1 aromatic heterocycles. The Labute approximate surface area is 189 Å². The molecule has 1 fully saturated rings. The topological polar surface area (TPSA) is 81.1 Å². The van der Waals surface area contributed by atoms with Crippen molar-refractivity contribution in [3.8, 4) is 11.1 Å². The summed E-state index contributed by atoms with van der Waals surface area (Å²) in [5.41, 5.74) is 3.76. The van der Waals surface area contributed by atoms with Crippen LogP contribution in [0, 0.1) is 0 Å². The summed E-state index contributed by atoms with van der Waals surface area (Å²) in [4.78, 5) is 12.8. The van der Waals surface area contributed by atoms with Crippen LogP contribution < -0.4 is 5.32 Å². The number of rotatable bonds is 5. The molecule has 1 saturated heterocycles. The Bertz CT molecular complexity index is 1210. The van der Waals surface area contributed by atoms with Gasteiger partial charge in [0, 0.05) is 11.5 Å².